The molecule has 1 amide bonds. The van der Waals surface area contributed by atoms with Gasteiger partial charge in [-0.2, -0.15) is 0 Å². The first-order valence-corrected chi connectivity index (χ1v) is 10.0. The number of hydrogen-bond acceptors (Lipinski definition) is 4. The largest absolute Gasteiger partial charge is 0.369 e. The monoisotopic (exact) mass is 366 g/mol. The van der Waals surface area contributed by atoms with Crippen LogP contribution in [0, 0.1) is 11.8 Å². The van der Waals surface area contributed by atoms with Gasteiger partial charge in [-0.1, -0.05) is 44.2 Å². The summed E-state index contributed by atoms with van der Waals surface area (Å²) in [6.07, 6.45) is 4.27. The molecule has 0 atom stereocenters. The van der Waals surface area contributed by atoms with Crippen molar-refractivity contribution in [1.82, 2.24) is 15.1 Å². The first-order valence-electron chi connectivity index (χ1n) is 10.0. The van der Waals surface area contributed by atoms with Crippen LogP contribution >= 0.6 is 0 Å². The average Bonchev–Trinajstić information content (AvgIpc) is 2.69. The summed E-state index contributed by atoms with van der Waals surface area (Å²) in [4.78, 5) is 14.6. The number of piperidine rings is 1. The molecule has 1 aliphatic rings. The van der Waals surface area contributed by atoms with Gasteiger partial charge in [0.1, 0.15) is 5.82 Å². The van der Waals surface area contributed by atoms with Crippen molar-refractivity contribution in [1.29, 1.82) is 0 Å². The lowest BCUT2D eigenvalue weighted by Crippen LogP contribution is -2.39. The zero-order chi connectivity index (χ0) is 19.1. The van der Waals surface area contributed by atoms with Gasteiger partial charge >= 0.3 is 0 Å². The summed E-state index contributed by atoms with van der Waals surface area (Å²) in [7, 11) is 0. The molecule has 1 aromatic carbocycles. The number of likely N-dealkylation sites (tertiary alicyclic amines) is 1. The molecular weight excluding hydrogens is 336 g/mol. The number of nitrogens with one attached hydrogen (secondary N) is 1. The summed E-state index contributed by atoms with van der Waals surface area (Å²) in [5.41, 5.74) is 1.82. The van der Waals surface area contributed by atoms with E-state index in [0.29, 0.717) is 17.5 Å². The Morgan fingerprint density at radius 2 is 1.85 bits per heavy atom. The molecule has 1 saturated heterocycles. The minimum Gasteiger partial charge on any atom is -0.369 e. The quantitative estimate of drug-likeness (QED) is 0.804. The summed E-state index contributed by atoms with van der Waals surface area (Å²) < 4.78 is 0. The molecule has 1 aromatic heterocycles. The Labute approximate surface area is 162 Å². The lowest BCUT2D eigenvalue weighted by atomic mass is 9.90. The molecule has 0 aliphatic carbocycles. The molecule has 144 valence electrons. The molecule has 0 unspecified atom stereocenters. The molecule has 5 nitrogen and oxygen atoms in total. The molecule has 2 aromatic rings. The first-order chi connectivity index (χ1) is 13.1. The van der Waals surface area contributed by atoms with Gasteiger partial charge in [0.25, 0.3) is 5.91 Å². The van der Waals surface area contributed by atoms with Crippen LogP contribution in [0.3, 0.4) is 0 Å². The van der Waals surface area contributed by atoms with E-state index >= 15 is 0 Å². The van der Waals surface area contributed by atoms with Crippen LogP contribution in [0.1, 0.15) is 49.2 Å². The van der Waals surface area contributed by atoms with E-state index in [0.717, 1.165) is 51.1 Å². The lowest BCUT2D eigenvalue weighted by Gasteiger charge is -2.31. The van der Waals surface area contributed by atoms with E-state index in [-0.39, 0.29) is 5.91 Å². The third-order valence-corrected chi connectivity index (χ3v) is 5.18. The van der Waals surface area contributed by atoms with E-state index < -0.39 is 0 Å². The Hall–Kier alpha value is -2.43. The second kappa shape index (κ2) is 9.49. The highest BCUT2D eigenvalue weighted by Gasteiger charge is 2.24. The minimum atomic E-state index is -0.00519. The van der Waals surface area contributed by atoms with Crippen molar-refractivity contribution in [3.05, 3.63) is 53.7 Å². The average molecular weight is 367 g/mol. The molecule has 1 fully saturated rings. The summed E-state index contributed by atoms with van der Waals surface area (Å²) in [6.45, 7) is 6.85. The van der Waals surface area contributed by atoms with Gasteiger partial charge in [-0.05, 0) is 55.2 Å². The summed E-state index contributed by atoms with van der Waals surface area (Å²) in [5.74, 6) is 2.02. The van der Waals surface area contributed by atoms with Gasteiger partial charge in [-0.25, -0.2) is 0 Å². The number of benzene rings is 1. The molecular formula is C22H30N4O. The molecule has 0 spiro atoms. The Morgan fingerprint density at radius 1 is 1.11 bits per heavy atom. The molecule has 0 radical (unpaired) electrons. The van der Waals surface area contributed by atoms with Gasteiger partial charge in [-0.3, -0.25) is 4.79 Å². The van der Waals surface area contributed by atoms with Crippen LogP contribution in [-0.2, 0) is 6.42 Å². The van der Waals surface area contributed by atoms with E-state index in [2.05, 4.69) is 59.7 Å². The van der Waals surface area contributed by atoms with Crippen molar-refractivity contribution in [2.24, 2.45) is 11.8 Å². The van der Waals surface area contributed by atoms with Gasteiger partial charge < -0.3 is 10.2 Å². The van der Waals surface area contributed by atoms with Crippen molar-refractivity contribution in [2.75, 3.05) is 25.0 Å². The van der Waals surface area contributed by atoms with Crippen LogP contribution in [0.25, 0.3) is 0 Å². The maximum Gasteiger partial charge on any atom is 0.274 e. The van der Waals surface area contributed by atoms with Gasteiger partial charge in [-0.15, -0.1) is 10.2 Å². The second-order valence-electron chi connectivity index (χ2n) is 7.84. The van der Waals surface area contributed by atoms with Crippen molar-refractivity contribution in [2.45, 2.75) is 39.5 Å². The molecule has 5 heteroatoms. The number of rotatable bonds is 7. The minimum absolute atomic E-state index is 0.00519. The predicted octanol–water partition coefficient (Wildman–Crippen LogP) is 4.03. The fourth-order valence-corrected chi connectivity index (χ4v) is 3.48. The van der Waals surface area contributed by atoms with Crippen LogP contribution in [0.2, 0.25) is 0 Å². The van der Waals surface area contributed by atoms with Gasteiger partial charge in [0.05, 0.1) is 0 Å². The number of nitrogens with zero attached hydrogens (tertiary/aromatic N) is 3. The first kappa shape index (κ1) is 19.3. The van der Waals surface area contributed by atoms with E-state index in [9.17, 15) is 4.79 Å². The van der Waals surface area contributed by atoms with Crippen LogP contribution in [0.5, 0.6) is 0 Å². The summed E-state index contributed by atoms with van der Waals surface area (Å²) in [5, 5.41) is 11.5. The summed E-state index contributed by atoms with van der Waals surface area (Å²) >= 11 is 0. The van der Waals surface area contributed by atoms with Gasteiger partial charge in [0, 0.05) is 19.6 Å². The van der Waals surface area contributed by atoms with E-state index in [1.54, 1.807) is 6.07 Å². The highest BCUT2D eigenvalue weighted by atomic mass is 16.2. The van der Waals surface area contributed by atoms with Crippen LogP contribution in [0.4, 0.5) is 5.82 Å². The van der Waals surface area contributed by atoms with Gasteiger partial charge in [0.15, 0.2) is 5.69 Å². The van der Waals surface area contributed by atoms with Crippen LogP contribution in [0.15, 0.2) is 42.5 Å². The van der Waals surface area contributed by atoms with Crippen molar-refractivity contribution in [3.8, 4) is 0 Å². The molecule has 3 rings (SSSR count). The smallest absolute Gasteiger partial charge is 0.274 e. The van der Waals surface area contributed by atoms with E-state index in [1.807, 2.05) is 11.0 Å². The molecule has 2 heterocycles. The zero-order valence-electron chi connectivity index (χ0n) is 16.4. The van der Waals surface area contributed by atoms with Gasteiger partial charge in [0.2, 0.25) is 0 Å². The fraction of sp³-hybridized carbons (Fsp3) is 0.500. The highest BCUT2D eigenvalue weighted by molar-refractivity contribution is 5.92. The zero-order valence-corrected chi connectivity index (χ0v) is 16.4. The topological polar surface area (TPSA) is 58.1 Å². The predicted molar refractivity (Wildman–Crippen MR) is 109 cm³/mol. The Morgan fingerprint density at radius 3 is 2.48 bits per heavy atom. The number of aromatic nitrogens is 2. The molecule has 0 saturated carbocycles. The molecule has 1 aliphatic heterocycles. The Kier molecular flexibility index (Phi) is 6.80. The number of hydrogen-bond donors (Lipinski definition) is 1. The molecule has 27 heavy (non-hydrogen) atoms. The second-order valence-corrected chi connectivity index (χ2v) is 7.84. The van der Waals surface area contributed by atoms with Crippen LogP contribution < -0.4 is 5.32 Å². The SMILES string of the molecule is CC(C)CCNc1ccc(C(=O)N2CCC(Cc3ccccc3)CC2)nn1. The number of amides is 1. The normalized spacial score (nSPS) is 15.1. The molecule has 1 N–H and O–H groups in total. The van der Waals surface area contributed by atoms with Crippen molar-refractivity contribution in [3.63, 3.8) is 0 Å². The lowest BCUT2D eigenvalue weighted by molar-refractivity contribution is 0.0683. The molecule has 0 bridgehead atoms. The number of carbonyl (C=O) groups excluding carboxylic acids is 1. The summed E-state index contributed by atoms with van der Waals surface area (Å²) in [6, 6.07) is 14.2. The van der Waals surface area contributed by atoms with E-state index in [1.165, 1.54) is 5.56 Å². The third kappa shape index (κ3) is 5.78. The maximum atomic E-state index is 12.7. The van der Waals surface area contributed by atoms with Crippen molar-refractivity contribution < 1.29 is 4.79 Å². The fourth-order valence-electron chi connectivity index (χ4n) is 3.48. The number of carbonyl (C=O) groups is 1. The standard InChI is InChI=1S/C22H30N4O/c1-17(2)10-13-23-21-9-8-20(24-25-21)22(27)26-14-11-19(12-15-26)16-18-6-4-3-5-7-18/h3-9,17,19H,10-16H2,1-2H3,(H,23,25). The number of anilines is 1. The Balaban J connectivity index is 1.47. The highest BCUT2D eigenvalue weighted by Crippen LogP contribution is 2.22. The van der Waals surface area contributed by atoms with E-state index in [4.69, 9.17) is 0 Å². The maximum absolute atomic E-state index is 12.7. The van der Waals surface area contributed by atoms with Crippen LogP contribution in [-0.4, -0.2) is 40.6 Å². The third-order valence-electron chi connectivity index (χ3n) is 5.18. The Bertz CT molecular complexity index is 707. The van der Waals surface area contributed by atoms with Crippen molar-refractivity contribution >= 4 is 11.7 Å².